The van der Waals surface area contributed by atoms with E-state index in [1.165, 1.54) is 0 Å². The zero-order valence-corrected chi connectivity index (χ0v) is 12.6. The van der Waals surface area contributed by atoms with E-state index in [2.05, 4.69) is 26.7 Å². The predicted molar refractivity (Wildman–Crippen MR) is 86.1 cm³/mol. The van der Waals surface area contributed by atoms with Gasteiger partial charge in [0.05, 0.1) is 16.3 Å². The number of pyridine rings is 2. The number of anilines is 1. The lowest BCUT2D eigenvalue weighted by molar-refractivity contribution is 0.847. The molecule has 2 aromatic heterocycles. The molecule has 0 saturated carbocycles. The van der Waals surface area contributed by atoms with Gasteiger partial charge >= 0.3 is 0 Å². The van der Waals surface area contributed by atoms with Gasteiger partial charge in [0.2, 0.25) is 0 Å². The Morgan fingerprint density at radius 1 is 1.29 bits per heavy atom. The SMILES string of the molecule is N#Cc1cccnc1NC(=S)NCCc1ncccc1Cl. The van der Waals surface area contributed by atoms with Crippen molar-refractivity contribution in [1.82, 2.24) is 15.3 Å². The summed E-state index contributed by atoms with van der Waals surface area (Å²) in [7, 11) is 0. The highest BCUT2D eigenvalue weighted by Crippen LogP contribution is 2.12. The maximum Gasteiger partial charge on any atom is 0.171 e. The van der Waals surface area contributed by atoms with Crippen LogP contribution < -0.4 is 10.6 Å². The Hall–Kier alpha value is -2.23. The first-order valence-electron chi connectivity index (χ1n) is 6.20. The highest BCUT2D eigenvalue weighted by Gasteiger charge is 2.05. The molecule has 2 aromatic rings. The Bertz CT molecular complexity index is 683. The van der Waals surface area contributed by atoms with E-state index in [4.69, 9.17) is 29.1 Å². The molecule has 5 nitrogen and oxygen atoms in total. The van der Waals surface area contributed by atoms with Gasteiger partial charge in [-0.2, -0.15) is 5.26 Å². The molecule has 2 rings (SSSR count). The van der Waals surface area contributed by atoms with E-state index in [9.17, 15) is 0 Å². The van der Waals surface area contributed by atoms with Crippen LogP contribution in [0, 0.1) is 11.3 Å². The fourth-order valence-electron chi connectivity index (χ4n) is 1.64. The molecular formula is C14H12ClN5S. The normalized spacial score (nSPS) is 9.71. The maximum atomic E-state index is 8.97. The molecule has 0 aliphatic rings. The van der Waals surface area contributed by atoms with Gasteiger partial charge in [0.1, 0.15) is 11.9 Å². The monoisotopic (exact) mass is 317 g/mol. The van der Waals surface area contributed by atoms with Crippen molar-refractivity contribution in [3.63, 3.8) is 0 Å². The van der Waals surface area contributed by atoms with Gasteiger partial charge in [0.15, 0.2) is 5.11 Å². The Morgan fingerprint density at radius 2 is 2.05 bits per heavy atom. The number of nitrogens with zero attached hydrogens (tertiary/aromatic N) is 3. The minimum Gasteiger partial charge on any atom is -0.362 e. The lowest BCUT2D eigenvalue weighted by Crippen LogP contribution is -2.31. The summed E-state index contributed by atoms with van der Waals surface area (Å²) in [4.78, 5) is 8.27. The van der Waals surface area contributed by atoms with E-state index >= 15 is 0 Å². The smallest absolute Gasteiger partial charge is 0.171 e. The van der Waals surface area contributed by atoms with Gasteiger partial charge in [-0.3, -0.25) is 4.98 Å². The van der Waals surface area contributed by atoms with Crippen LogP contribution >= 0.6 is 23.8 Å². The van der Waals surface area contributed by atoms with E-state index in [1.54, 1.807) is 36.7 Å². The third-order valence-electron chi connectivity index (χ3n) is 2.64. The first-order chi connectivity index (χ1) is 10.2. The summed E-state index contributed by atoms with van der Waals surface area (Å²) in [6, 6.07) is 9.01. The van der Waals surface area contributed by atoms with Crippen molar-refractivity contribution in [2.75, 3.05) is 11.9 Å². The summed E-state index contributed by atoms with van der Waals surface area (Å²) < 4.78 is 0. The molecule has 0 atom stereocenters. The summed E-state index contributed by atoms with van der Waals surface area (Å²) >= 11 is 11.2. The summed E-state index contributed by atoms with van der Waals surface area (Å²) in [6.45, 7) is 0.581. The third-order valence-corrected chi connectivity index (χ3v) is 3.23. The number of hydrogen-bond acceptors (Lipinski definition) is 4. The largest absolute Gasteiger partial charge is 0.362 e. The van der Waals surface area contributed by atoms with Gasteiger partial charge < -0.3 is 10.6 Å². The molecule has 0 spiro atoms. The number of aromatic nitrogens is 2. The Balaban J connectivity index is 1.86. The van der Waals surface area contributed by atoms with Crippen molar-refractivity contribution < 1.29 is 0 Å². The molecule has 0 saturated heterocycles. The number of nitriles is 1. The third kappa shape index (κ3) is 4.38. The number of nitrogens with one attached hydrogen (secondary N) is 2. The predicted octanol–water partition coefficient (Wildman–Crippen LogP) is 2.53. The van der Waals surface area contributed by atoms with Crippen molar-refractivity contribution in [1.29, 1.82) is 5.26 Å². The van der Waals surface area contributed by atoms with Crippen LogP contribution in [-0.2, 0) is 6.42 Å². The molecule has 0 radical (unpaired) electrons. The molecule has 0 aliphatic heterocycles. The van der Waals surface area contributed by atoms with Crippen LogP contribution in [0.1, 0.15) is 11.3 Å². The molecule has 106 valence electrons. The topological polar surface area (TPSA) is 73.6 Å². The molecule has 0 amide bonds. The number of thiocarbonyl (C=S) groups is 1. The van der Waals surface area contributed by atoms with Crippen LogP contribution in [0.5, 0.6) is 0 Å². The fourth-order valence-corrected chi connectivity index (χ4v) is 2.06. The maximum absolute atomic E-state index is 8.97. The molecule has 0 unspecified atom stereocenters. The average molecular weight is 318 g/mol. The van der Waals surface area contributed by atoms with E-state index in [0.29, 0.717) is 34.5 Å². The van der Waals surface area contributed by atoms with E-state index < -0.39 is 0 Å². The average Bonchev–Trinajstić information content (AvgIpc) is 2.50. The van der Waals surface area contributed by atoms with Crippen molar-refractivity contribution in [2.24, 2.45) is 0 Å². The Labute approximate surface area is 133 Å². The summed E-state index contributed by atoms with van der Waals surface area (Å²) in [6.07, 6.45) is 3.94. The van der Waals surface area contributed by atoms with Gasteiger partial charge in [-0.15, -0.1) is 0 Å². The lowest BCUT2D eigenvalue weighted by atomic mass is 10.2. The molecule has 0 aliphatic carbocycles. The second-order valence-corrected chi connectivity index (χ2v) is 4.89. The highest BCUT2D eigenvalue weighted by molar-refractivity contribution is 7.80. The highest BCUT2D eigenvalue weighted by atomic mass is 35.5. The van der Waals surface area contributed by atoms with Crippen molar-refractivity contribution in [2.45, 2.75) is 6.42 Å². The zero-order chi connectivity index (χ0) is 15.1. The minimum atomic E-state index is 0.400. The first-order valence-corrected chi connectivity index (χ1v) is 6.98. The Morgan fingerprint density at radius 3 is 2.81 bits per heavy atom. The van der Waals surface area contributed by atoms with Gasteiger partial charge in [0, 0.05) is 25.4 Å². The van der Waals surface area contributed by atoms with Gasteiger partial charge in [-0.05, 0) is 36.5 Å². The molecule has 2 heterocycles. The van der Waals surface area contributed by atoms with Crippen LogP contribution in [-0.4, -0.2) is 21.6 Å². The van der Waals surface area contributed by atoms with Crippen molar-refractivity contribution in [3.05, 3.63) is 52.9 Å². The van der Waals surface area contributed by atoms with Crippen LogP contribution in [0.15, 0.2) is 36.7 Å². The standard InChI is InChI=1S/C14H12ClN5S/c15-11-4-2-6-17-12(11)5-8-19-14(21)20-13-10(9-16)3-1-7-18-13/h1-4,6-7H,5,8H2,(H2,18,19,20,21). The summed E-state index contributed by atoms with van der Waals surface area (Å²) in [5, 5.41) is 15.9. The molecular weight excluding hydrogens is 306 g/mol. The van der Waals surface area contributed by atoms with Gasteiger partial charge in [-0.1, -0.05) is 11.6 Å². The van der Waals surface area contributed by atoms with Crippen molar-refractivity contribution >= 4 is 34.7 Å². The minimum absolute atomic E-state index is 0.400. The quantitative estimate of drug-likeness (QED) is 0.844. The van der Waals surface area contributed by atoms with E-state index in [1.807, 2.05) is 0 Å². The molecule has 7 heteroatoms. The number of halogens is 1. The van der Waals surface area contributed by atoms with Crippen molar-refractivity contribution in [3.8, 4) is 6.07 Å². The van der Waals surface area contributed by atoms with Crippen LogP contribution in [0.4, 0.5) is 5.82 Å². The molecule has 0 aromatic carbocycles. The van der Waals surface area contributed by atoms with Crippen LogP contribution in [0.25, 0.3) is 0 Å². The summed E-state index contributed by atoms with van der Waals surface area (Å²) in [5.41, 5.74) is 1.25. The van der Waals surface area contributed by atoms with E-state index in [0.717, 1.165) is 5.69 Å². The van der Waals surface area contributed by atoms with Crippen LogP contribution in [0.2, 0.25) is 5.02 Å². The number of rotatable bonds is 4. The fraction of sp³-hybridized carbons (Fsp3) is 0.143. The van der Waals surface area contributed by atoms with Gasteiger partial charge in [0.25, 0.3) is 0 Å². The van der Waals surface area contributed by atoms with Gasteiger partial charge in [-0.25, -0.2) is 4.98 Å². The van der Waals surface area contributed by atoms with E-state index in [-0.39, 0.29) is 0 Å². The summed E-state index contributed by atoms with van der Waals surface area (Å²) in [5.74, 6) is 0.438. The Kier molecular flexibility index (Phi) is 5.43. The van der Waals surface area contributed by atoms with Crippen LogP contribution in [0.3, 0.4) is 0 Å². The number of hydrogen-bond donors (Lipinski definition) is 2. The second-order valence-electron chi connectivity index (χ2n) is 4.07. The second kappa shape index (κ2) is 7.53. The molecule has 2 N–H and O–H groups in total. The molecule has 0 fully saturated rings. The molecule has 0 bridgehead atoms. The first kappa shape index (κ1) is 15.2. The lowest BCUT2D eigenvalue weighted by Gasteiger charge is -2.10. The molecule has 21 heavy (non-hydrogen) atoms. The zero-order valence-electron chi connectivity index (χ0n) is 11.0.